The Balaban J connectivity index is 1.58. The molecule has 0 aromatic heterocycles. The van der Waals surface area contributed by atoms with Gasteiger partial charge in [-0.05, 0) is 43.4 Å². The molecule has 140 valence electrons. The van der Waals surface area contributed by atoms with Crippen molar-refractivity contribution in [2.75, 3.05) is 0 Å². The van der Waals surface area contributed by atoms with E-state index in [4.69, 9.17) is 21.4 Å². The van der Waals surface area contributed by atoms with Crippen molar-refractivity contribution in [3.63, 3.8) is 0 Å². The average Bonchev–Trinajstić information content (AvgIpc) is 3.30. The van der Waals surface area contributed by atoms with Crippen LogP contribution in [0.25, 0.3) is 0 Å². The first-order valence-corrected chi connectivity index (χ1v) is 9.03. The van der Waals surface area contributed by atoms with Gasteiger partial charge in [0.15, 0.2) is 6.10 Å². The number of allylic oxidation sites excluding steroid dienone is 2. The quantitative estimate of drug-likeness (QED) is 0.474. The lowest BCUT2D eigenvalue weighted by molar-refractivity contribution is -0.144. The van der Waals surface area contributed by atoms with Gasteiger partial charge in [0, 0.05) is 10.6 Å². The smallest absolute Gasteiger partial charge is 0.344 e. The molecule has 1 aromatic carbocycles. The predicted octanol–water partition coefficient (Wildman–Crippen LogP) is 2.33. The molecule has 0 radical (unpaired) electrons. The van der Waals surface area contributed by atoms with E-state index in [0.29, 0.717) is 10.6 Å². The van der Waals surface area contributed by atoms with Crippen LogP contribution >= 0.6 is 11.6 Å². The molecule has 4 rings (SSSR count). The van der Waals surface area contributed by atoms with Crippen molar-refractivity contribution in [3.05, 3.63) is 40.9 Å². The SMILES string of the molecule is C[C@@H](Oc1ccc(Cl)cc1C=NN1C(=O)[C@@H]2[C@H](C1=O)[C@H]1C=C[C@H]2C1)C(=O)O. The van der Waals surface area contributed by atoms with Crippen LogP contribution in [0.3, 0.4) is 0 Å². The molecule has 8 heteroatoms. The van der Waals surface area contributed by atoms with E-state index in [9.17, 15) is 14.4 Å². The molecule has 3 aliphatic rings. The molecule has 2 bridgehead atoms. The summed E-state index contributed by atoms with van der Waals surface area (Å²) in [4.78, 5) is 36.3. The predicted molar refractivity (Wildman–Crippen MR) is 96.3 cm³/mol. The Morgan fingerprint density at radius 2 is 1.93 bits per heavy atom. The number of benzene rings is 1. The number of amides is 2. The number of carboxylic acids is 1. The zero-order valence-corrected chi connectivity index (χ0v) is 15.2. The first-order valence-electron chi connectivity index (χ1n) is 8.66. The van der Waals surface area contributed by atoms with Crippen molar-refractivity contribution in [3.8, 4) is 5.75 Å². The van der Waals surface area contributed by atoms with Crippen molar-refractivity contribution < 1.29 is 24.2 Å². The number of carbonyl (C=O) groups excluding carboxylic acids is 2. The van der Waals surface area contributed by atoms with Crippen LogP contribution in [0.5, 0.6) is 5.75 Å². The van der Waals surface area contributed by atoms with Crippen molar-refractivity contribution in [1.29, 1.82) is 0 Å². The van der Waals surface area contributed by atoms with E-state index in [-0.39, 0.29) is 41.2 Å². The molecule has 1 saturated carbocycles. The summed E-state index contributed by atoms with van der Waals surface area (Å²) >= 11 is 6.00. The summed E-state index contributed by atoms with van der Waals surface area (Å²) in [5, 5.41) is 14.4. The second-order valence-corrected chi connectivity index (χ2v) is 7.45. The fraction of sp³-hybridized carbons (Fsp3) is 0.368. The lowest BCUT2D eigenvalue weighted by Gasteiger charge is -2.14. The van der Waals surface area contributed by atoms with E-state index in [1.54, 1.807) is 6.07 Å². The third-order valence-electron chi connectivity index (χ3n) is 5.38. The number of aliphatic carboxylic acids is 1. The zero-order valence-electron chi connectivity index (χ0n) is 14.4. The molecule has 2 amide bonds. The molecule has 27 heavy (non-hydrogen) atoms. The van der Waals surface area contributed by atoms with Crippen molar-refractivity contribution in [2.24, 2.45) is 28.8 Å². The summed E-state index contributed by atoms with van der Waals surface area (Å²) in [5.74, 6) is -1.88. The van der Waals surface area contributed by atoms with Gasteiger partial charge in [0.25, 0.3) is 11.8 Å². The minimum Gasteiger partial charge on any atom is -0.479 e. The number of imide groups is 1. The highest BCUT2D eigenvalue weighted by Gasteiger charge is 2.59. The van der Waals surface area contributed by atoms with Gasteiger partial charge in [-0.15, -0.1) is 0 Å². The van der Waals surface area contributed by atoms with Crippen molar-refractivity contribution in [2.45, 2.75) is 19.4 Å². The number of fused-ring (bicyclic) bond motifs is 5. The van der Waals surface area contributed by atoms with Gasteiger partial charge in [-0.3, -0.25) is 9.59 Å². The Kier molecular flexibility index (Phi) is 4.26. The molecule has 0 spiro atoms. The number of hydrazone groups is 1. The first kappa shape index (κ1) is 17.7. The van der Waals surface area contributed by atoms with Gasteiger partial charge in [0.2, 0.25) is 0 Å². The van der Waals surface area contributed by atoms with Crippen molar-refractivity contribution in [1.82, 2.24) is 5.01 Å². The number of rotatable bonds is 5. The third kappa shape index (κ3) is 2.92. The Morgan fingerprint density at radius 3 is 2.52 bits per heavy atom. The number of ether oxygens (including phenoxy) is 1. The maximum Gasteiger partial charge on any atom is 0.344 e. The van der Waals surface area contributed by atoms with Gasteiger partial charge >= 0.3 is 5.97 Å². The van der Waals surface area contributed by atoms with Crippen LogP contribution in [-0.2, 0) is 14.4 Å². The van der Waals surface area contributed by atoms with E-state index < -0.39 is 12.1 Å². The van der Waals surface area contributed by atoms with Crippen LogP contribution in [0.15, 0.2) is 35.5 Å². The fourth-order valence-electron chi connectivity index (χ4n) is 4.09. The Morgan fingerprint density at radius 1 is 1.30 bits per heavy atom. The first-order chi connectivity index (χ1) is 12.9. The molecular weight excluding hydrogens is 372 g/mol. The van der Waals surface area contributed by atoms with E-state index >= 15 is 0 Å². The van der Waals surface area contributed by atoms with Crippen LogP contribution in [0, 0.1) is 23.7 Å². The van der Waals surface area contributed by atoms with Crippen LogP contribution < -0.4 is 4.74 Å². The van der Waals surface area contributed by atoms with E-state index in [2.05, 4.69) is 5.10 Å². The molecule has 2 fully saturated rings. The molecular formula is C19H17ClN2O5. The van der Waals surface area contributed by atoms with E-state index in [1.165, 1.54) is 25.3 Å². The molecule has 0 unspecified atom stereocenters. The van der Waals surface area contributed by atoms with Crippen molar-refractivity contribution >= 4 is 35.6 Å². The maximum atomic E-state index is 12.6. The Hall–Kier alpha value is -2.67. The van der Waals surface area contributed by atoms with Crippen LogP contribution in [0.2, 0.25) is 5.02 Å². The molecule has 1 aromatic rings. The maximum absolute atomic E-state index is 12.6. The standard InChI is InChI=1S/C19H17ClN2O5/c1-9(19(25)26)27-14-5-4-13(20)7-12(14)8-21-22-17(23)15-10-2-3-11(6-10)16(15)18(22)24/h2-5,7-11,15-16H,6H2,1H3,(H,25,26)/t9-,10+,11+,15-,16+/m1/s1. The minimum absolute atomic E-state index is 0.109. The van der Waals surface area contributed by atoms with Gasteiger partial charge in [-0.25, -0.2) is 4.79 Å². The van der Waals surface area contributed by atoms with E-state index in [1.807, 2.05) is 12.2 Å². The van der Waals surface area contributed by atoms with Crippen LogP contribution in [-0.4, -0.2) is 40.2 Å². The second-order valence-electron chi connectivity index (χ2n) is 7.01. The van der Waals surface area contributed by atoms with Gasteiger partial charge in [-0.2, -0.15) is 10.1 Å². The number of nitrogens with zero attached hydrogens (tertiary/aromatic N) is 2. The topological polar surface area (TPSA) is 96.3 Å². The third-order valence-corrected chi connectivity index (χ3v) is 5.62. The summed E-state index contributed by atoms with van der Waals surface area (Å²) in [7, 11) is 0. The molecule has 1 saturated heterocycles. The summed E-state index contributed by atoms with van der Waals surface area (Å²) < 4.78 is 5.40. The molecule has 2 aliphatic carbocycles. The second kappa shape index (κ2) is 6.49. The largest absolute Gasteiger partial charge is 0.479 e. The molecule has 1 aliphatic heterocycles. The number of hydrogen-bond donors (Lipinski definition) is 1. The average molecular weight is 389 g/mol. The van der Waals surface area contributed by atoms with E-state index in [0.717, 1.165) is 11.4 Å². The monoisotopic (exact) mass is 388 g/mol. The molecule has 5 atom stereocenters. The van der Waals surface area contributed by atoms with Crippen LogP contribution in [0.1, 0.15) is 18.9 Å². The Labute approximate surface area is 160 Å². The van der Waals surface area contributed by atoms with Gasteiger partial charge in [-0.1, -0.05) is 23.8 Å². The summed E-state index contributed by atoms with van der Waals surface area (Å²) in [6.45, 7) is 1.40. The van der Waals surface area contributed by atoms with Gasteiger partial charge < -0.3 is 9.84 Å². The molecule has 1 N–H and O–H groups in total. The lowest BCUT2D eigenvalue weighted by atomic mass is 9.85. The summed E-state index contributed by atoms with van der Waals surface area (Å²) in [6.07, 6.45) is 5.11. The lowest BCUT2D eigenvalue weighted by Crippen LogP contribution is -2.28. The summed E-state index contributed by atoms with van der Waals surface area (Å²) in [6, 6.07) is 4.62. The Bertz CT molecular complexity index is 866. The number of halogens is 1. The normalized spacial score (nSPS) is 29.6. The fourth-order valence-corrected chi connectivity index (χ4v) is 4.27. The number of hydrogen-bond acceptors (Lipinski definition) is 5. The number of carboxylic acid groups (broad SMARTS) is 1. The van der Waals surface area contributed by atoms with Crippen LogP contribution in [0.4, 0.5) is 0 Å². The zero-order chi connectivity index (χ0) is 19.3. The molecule has 7 nitrogen and oxygen atoms in total. The highest BCUT2D eigenvalue weighted by atomic mass is 35.5. The minimum atomic E-state index is -1.12. The highest BCUT2D eigenvalue weighted by Crippen LogP contribution is 2.52. The van der Waals surface area contributed by atoms with Gasteiger partial charge in [0.05, 0.1) is 18.1 Å². The van der Waals surface area contributed by atoms with Gasteiger partial charge in [0.1, 0.15) is 5.75 Å². The highest BCUT2D eigenvalue weighted by molar-refractivity contribution is 6.31. The number of carbonyl (C=O) groups is 3. The molecule has 1 heterocycles. The summed E-state index contributed by atoms with van der Waals surface area (Å²) in [5.41, 5.74) is 0.384.